The molecule has 3 heteroatoms. The summed E-state index contributed by atoms with van der Waals surface area (Å²) in [6.07, 6.45) is 3.12. The van der Waals surface area contributed by atoms with Crippen LogP contribution in [0.15, 0.2) is 6.07 Å². The Balaban J connectivity index is 2.91. The van der Waals surface area contributed by atoms with Crippen LogP contribution in [0, 0.1) is 0 Å². The van der Waals surface area contributed by atoms with Crippen LogP contribution in [0.3, 0.4) is 0 Å². The van der Waals surface area contributed by atoms with Gasteiger partial charge in [-0.25, -0.2) is 0 Å². The number of aryl methyl sites for hydroxylation is 1. The van der Waals surface area contributed by atoms with Crippen molar-refractivity contribution < 1.29 is 0 Å². The van der Waals surface area contributed by atoms with E-state index in [1.807, 2.05) is 10.7 Å². The molecule has 0 fully saturated rings. The second-order valence-electron chi connectivity index (χ2n) is 3.23. The molecule has 0 aromatic carbocycles. The third-order valence-corrected chi connectivity index (χ3v) is 2.67. The molecule has 1 rings (SSSR count). The van der Waals surface area contributed by atoms with Gasteiger partial charge in [-0.05, 0) is 25.3 Å². The molecule has 13 heavy (non-hydrogen) atoms. The zero-order valence-corrected chi connectivity index (χ0v) is 9.30. The molecule has 0 aliphatic rings. The molecule has 0 bridgehead atoms. The highest BCUT2D eigenvalue weighted by Crippen LogP contribution is 2.21. The van der Waals surface area contributed by atoms with Crippen molar-refractivity contribution in [1.29, 1.82) is 0 Å². The molecule has 74 valence electrons. The first-order valence-corrected chi connectivity index (χ1v) is 5.34. The molecule has 0 aliphatic heterocycles. The van der Waals surface area contributed by atoms with Crippen LogP contribution >= 0.6 is 11.6 Å². The number of halogens is 1. The Bertz CT molecular complexity index is 264. The Labute approximate surface area is 84.9 Å². The zero-order chi connectivity index (χ0) is 9.84. The standard InChI is InChI=1S/C10H17ClN2/c1-4-8-7-10(11)13(12-8)9(5-2)6-3/h7,9H,4-6H2,1-3H3. The minimum absolute atomic E-state index is 0.452. The van der Waals surface area contributed by atoms with Gasteiger partial charge in [0.2, 0.25) is 0 Å². The third kappa shape index (κ3) is 2.25. The topological polar surface area (TPSA) is 17.8 Å². The van der Waals surface area contributed by atoms with Crippen LogP contribution in [0.2, 0.25) is 5.15 Å². The van der Waals surface area contributed by atoms with Crippen LogP contribution in [0.4, 0.5) is 0 Å². The Morgan fingerprint density at radius 3 is 2.38 bits per heavy atom. The highest BCUT2D eigenvalue weighted by molar-refractivity contribution is 6.29. The second-order valence-corrected chi connectivity index (χ2v) is 3.61. The Morgan fingerprint density at radius 1 is 1.38 bits per heavy atom. The highest BCUT2D eigenvalue weighted by atomic mass is 35.5. The fraction of sp³-hybridized carbons (Fsp3) is 0.700. The van der Waals surface area contributed by atoms with Gasteiger partial charge in [-0.1, -0.05) is 32.4 Å². The van der Waals surface area contributed by atoms with Crippen LogP contribution in [0.25, 0.3) is 0 Å². The molecule has 1 aromatic rings. The molecule has 0 spiro atoms. The largest absolute Gasteiger partial charge is 0.251 e. The van der Waals surface area contributed by atoms with E-state index < -0.39 is 0 Å². The fourth-order valence-electron chi connectivity index (χ4n) is 1.48. The summed E-state index contributed by atoms with van der Waals surface area (Å²) in [6, 6.07) is 2.41. The summed E-state index contributed by atoms with van der Waals surface area (Å²) in [6.45, 7) is 6.42. The summed E-state index contributed by atoms with van der Waals surface area (Å²) in [5.41, 5.74) is 1.08. The average molecular weight is 201 g/mol. The van der Waals surface area contributed by atoms with E-state index in [0.717, 1.165) is 30.1 Å². The van der Waals surface area contributed by atoms with E-state index in [2.05, 4.69) is 25.9 Å². The molecule has 0 saturated carbocycles. The number of nitrogens with zero attached hydrogens (tertiary/aromatic N) is 2. The van der Waals surface area contributed by atoms with Crippen molar-refractivity contribution in [2.24, 2.45) is 0 Å². The van der Waals surface area contributed by atoms with Gasteiger partial charge in [-0.2, -0.15) is 5.10 Å². The molecule has 0 saturated heterocycles. The maximum Gasteiger partial charge on any atom is 0.127 e. The van der Waals surface area contributed by atoms with Gasteiger partial charge in [-0.15, -0.1) is 0 Å². The summed E-state index contributed by atoms with van der Waals surface area (Å²) in [7, 11) is 0. The Hall–Kier alpha value is -0.500. The van der Waals surface area contributed by atoms with Crippen LogP contribution in [-0.2, 0) is 6.42 Å². The molecule has 2 nitrogen and oxygen atoms in total. The number of hydrogen-bond donors (Lipinski definition) is 0. The van der Waals surface area contributed by atoms with Gasteiger partial charge in [0.05, 0.1) is 11.7 Å². The molecule has 1 aromatic heterocycles. The lowest BCUT2D eigenvalue weighted by molar-refractivity contribution is 0.426. The molecule has 1 heterocycles. The van der Waals surface area contributed by atoms with Gasteiger partial charge >= 0.3 is 0 Å². The van der Waals surface area contributed by atoms with Crippen LogP contribution in [-0.4, -0.2) is 9.78 Å². The predicted molar refractivity (Wildman–Crippen MR) is 56.2 cm³/mol. The van der Waals surface area contributed by atoms with Crippen molar-refractivity contribution in [1.82, 2.24) is 9.78 Å². The molecule has 0 aliphatic carbocycles. The smallest absolute Gasteiger partial charge is 0.127 e. The monoisotopic (exact) mass is 200 g/mol. The summed E-state index contributed by atoms with van der Waals surface area (Å²) >= 11 is 6.08. The van der Waals surface area contributed by atoms with E-state index in [1.54, 1.807) is 0 Å². The van der Waals surface area contributed by atoms with Crippen molar-refractivity contribution >= 4 is 11.6 Å². The summed E-state index contributed by atoms with van der Waals surface area (Å²) < 4.78 is 1.94. The van der Waals surface area contributed by atoms with Crippen molar-refractivity contribution in [3.8, 4) is 0 Å². The van der Waals surface area contributed by atoms with Crippen molar-refractivity contribution in [3.05, 3.63) is 16.9 Å². The lowest BCUT2D eigenvalue weighted by Crippen LogP contribution is -2.09. The van der Waals surface area contributed by atoms with Crippen molar-refractivity contribution in [2.45, 2.75) is 46.1 Å². The summed E-state index contributed by atoms with van der Waals surface area (Å²) in [5.74, 6) is 0. The maximum absolute atomic E-state index is 6.08. The molecular formula is C10H17ClN2. The first-order valence-electron chi connectivity index (χ1n) is 4.96. The van der Waals surface area contributed by atoms with Gasteiger partial charge < -0.3 is 0 Å². The highest BCUT2D eigenvalue weighted by Gasteiger charge is 2.11. The normalized spacial score (nSPS) is 11.2. The average Bonchev–Trinajstić information content (AvgIpc) is 2.50. The van der Waals surface area contributed by atoms with E-state index in [1.165, 1.54) is 0 Å². The van der Waals surface area contributed by atoms with E-state index in [9.17, 15) is 0 Å². The second kappa shape index (κ2) is 4.66. The number of aromatic nitrogens is 2. The van der Waals surface area contributed by atoms with Crippen LogP contribution in [0.5, 0.6) is 0 Å². The fourth-order valence-corrected chi connectivity index (χ4v) is 1.78. The van der Waals surface area contributed by atoms with Gasteiger partial charge in [0.25, 0.3) is 0 Å². The van der Waals surface area contributed by atoms with E-state index in [4.69, 9.17) is 11.6 Å². The van der Waals surface area contributed by atoms with Crippen LogP contribution < -0.4 is 0 Å². The molecule has 0 amide bonds. The summed E-state index contributed by atoms with van der Waals surface area (Å²) in [4.78, 5) is 0. The van der Waals surface area contributed by atoms with Crippen molar-refractivity contribution in [3.63, 3.8) is 0 Å². The molecule has 0 unspecified atom stereocenters. The summed E-state index contributed by atoms with van der Waals surface area (Å²) in [5, 5.41) is 5.22. The lowest BCUT2D eigenvalue weighted by atomic mass is 10.2. The van der Waals surface area contributed by atoms with E-state index >= 15 is 0 Å². The van der Waals surface area contributed by atoms with Gasteiger partial charge in [0.15, 0.2) is 0 Å². The van der Waals surface area contributed by atoms with E-state index in [-0.39, 0.29) is 0 Å². The third-order valence-electron chi connectivity index (χ3n) is 2.39. The SMILES string of the molecule is CCc1cc(Cl)n(C(CC)CC)n1. The lowest BCUT2D eigenvalue weighted by Gasteiger charge is -2.13. The predicted octanol–water partition coefficient (Wildman–Crippen LogP) is 3.46. The minimum Gasteiger partial charge on any atom is -0.251 e. The number of hydrogen-bond acceptors (Lipinski definition) is 1. The van der Waals surface area contributed by atoms with Gasteiger partial charge in [-0.3, -0.25) is 4.68 Å². The van der Waals surface area contributed by atoms with E-state index in [0.29, 0.717) is 6.04 Å². The maximum atomic E-state index is 6.08. The van der Waals surface area contributed by atoms with Gasteiger partial charge in [0.1, 0.15) is 5.15 Å². The first-order chi connectivity index (χ1) is 6.22. The molecule has 0 atom stereocenters. The Morgan fingerprint density at radius 2 is 2.00 bits per heavy atom. The molecule has 0 radical (unpaired) electrons. The molecular weight excluding hydrogens is 184 g/mol. The first kappa shape index (κ1) is 10.6. The minimum atomic E-state index is 0.452. The van der Waals surface area contributed by atoms with Crippen LogP contribution in [0.1, 0.15) is 45.3 Å². The Kier molecular flexibility index (Phi) is 3.79. The van der Waals surface area contributed by atoms with Gasteiger partial charge in [0, 0.05) is 0 Å². The quantitative estimate of drug-likeness (QED) is 0.728. The van der Waals surface area contributed by atoms with Crippen molar-refractivity contribution in [2.75, 3.05) is 0 Å². The molecule has 0 N–H and O–H groups in total. The number of rotatable bonds is 4. The zero-order valence-electron chi connectivity index (χ0n) is 8.55.